The molecule has 0 bridgehead atoms. The van der Waals surface area contributed by atoms with Crippen LogP contribution in [0.5, 0.6) is 5.75 Å². The van der Waals surface area contributed by atoms with Gasteiger partial charge >= 0.3 is 0 Å². The van der Waals surface area contributed by atoms with Gasteiger partial charge in [-0.25, -0.2) is 0 Å². The molecule has 2 aromatic rings. The summed E-state index contributed by atoms with van der Waals surface area (Å²) in [5, 5.41) is 7.84. The van der Waals surface area contributed by atoms with Gasteiger partial charge in [0.2, 0.25) is 0 Å². The number of rotatable bonds is 8. The topological polar surface area (TPSA) is 39.1 Å². The van der Waals surface area contributed by atoms with E-state index in [1.54, 1.807) is 0 Å². The first kappa shape index (κ1) is 15.6. The van der Waals surface area contributed by atoms with Crippen LogP contribution in [0.15, 0.2) is 30.3 Å². The van der Waals surface area contributed by atoms with Crippen LogP contribution >= 0.6 is 0 Å². The summed E-state index contributed by atoms with van der Waals surface area (Å²) in [5.74, 6) is 0.923. The molecule has 1 N–H and O–H groups in total. The minimum atomic E-state index is 0.633. The monoisotopic (exact) mass is 287 g/mol. The maximum Gasteiger partial charge on any atom is 0.119 e. The molecular formula is C17H25N3O. The van der Waals surface area contributed by atoms with E-state index in [1.165, 1.54) is 11.3 Å². The Labute approximate surface area is 127 Å². The van der Waals surface area contributed by atoms with Gasteiger partial charge in [-0.3, -0.25) is 4.68 Å². The van der Waals surface area contributed by atoms with Crippen molar-refractivity contribution in [3.63, 3.8) is 0 Å². The molecule has 21 heavy (non-hydrogen) atoms. The minimum Gasteiger partial charge on any atom is -0.492 e. The number of hydrogen-bond acceptors (Lipinski definition) is 3. The molecular weight excluding hydrogens is 262 g/mol. The molecule has 1 aromatic carbocycles. The summed E-state index contributed by atoms with van der Waals surface area (Å²) < 4.78 is 7.82. The number of ether oxygens (including phenoxy) is 1. The Balaban J connectivity index is 1.82. The van der Waals surface area contributed by atoms with Gasteiger partial charge in [0.1, 0.15) is 12.4 Å². The average Bonchev–Trinajstić information content (AvgIpc) is 2.78. The first-order valence-corrected chi connectivity index (χ1v) is 7.62. The summed E-state index contributed by atoms with van der Waals surface area (Å²) in [5.41, 5.74) is 3.48. The summed E-state index contributed by atoms with van der Waals surface area (Å²) >= 11 is 0. The highest BCUT2D eigenvalue weighted by atomic mass is 16.5. The molecule has 114 valence electrons. The third-order valence-corrected chi connectivity index (χ3v) is 3.33. The van der Waals surface area contributed by atoms with E-state index in [4.69, 9.17) is 4.74 Å². The number of nitrogens with one attached hydrogen (secondary N) is 1. The smallest absolute Gasteiger partial charge is 0.119 e. The summed E-state index contributed by atoms with van der Waals surface area (Å²) in [6.07, 6.45) is 1.15. The molecule has 0 amide bonds. The summed E-state index contributed by atoms with van der Waals surface area (Å²) in [6, 6.07) is 10.4. The molecule has 0 radical (unpaired) electrons. The van der Waals surface area contributed by atoms with Gasteiger partial charge in [0.05, 0.1) is 12.2 Å². The highest BCUT2D eigenvalue weighted by Crippen LogP contribution is 2.13. The molecule has 1 aromatic heterocycles. The van der Waals surface area contributed by atoms with E-state index in [0.29, 0.717) is 6.61 Å². The highest BCUT2D eigenvalue weighted by Gasteiger charge is 2.01. The van der Waals surface area contributed by atoms with Gasteiger partial charge in [0.15, 0.2) is 0 Å². The summed E-state index contributed by atoms with van der Waals surface area (Å²) in [7, 11) is 0. The van der Waals surface area contributed by atoms with E-state index in [-0.39, 0.29) is 0 Å². The van der Waals surface area contributed by atoms with Gasteiger partial charge in [-0.1, -0.05) is 19.1 Å². The minimum absolute atomic E-state index is 0.633. The van der Waals surface area contributed by atoms with Crippen LogP contribution in [0, 0.1) is 13.8 Å². The second-order valence-corrected chi connectivity index (χ2v) is 5.32. The molecule has 0 atom stereocenters. The average molecular weight is 287 g/mol. The van der Waals surface area contributed by atoms with E-state index < -0.39 is 0 Å². The van der Waals surface area contributed by atoms with E-state index in [9.17, 15) is 0 Å². The van der Waals surface area contributed by atoms with Gasteiger partial charge in [0.25, 0.3) is 0 Å². The zero-order chi connectivity index (χ0) is 15.1. The quantitative estimate of drug-likeness (QED) is 0.758. The first-order chi connectivity index (χ1) is 10.2. The van der Waals surface area contributed by atoms with Crippen LogP contribution in [-0.4, -0.2) is 22.9 Å². The summed E-state index contributed by atoms with van der Waals surface area (Å²) in [4.78, 5) is 0. The van der Waals surface area contributed by atoms with E-state index in [0.717, 1.165) is 37.5 Å². The predicted octanol–water partition coefficient (Wildman–Crippen LogP) is 3.08. The lowest BCUT2D eigenvalue weighted by Crippen LogP contribution is -2.14. The van der Waals surface area contributed by atoms with Crippen molar-refractivity contribution in [1.29, 1.82) is 0 Å². The van der Waals surface area contributed by atoms with Crippen molar-refractivity contribution in [3.8, 4) is 5.75 Å². The largest absolute Gasteiger partial charge is 0.492 e. The number of hydrogen-bond donors (Lipinski definition) is 1. The molecule has 0 fully saturated rings. The Morgan fingerprint density at radius 3 is 2.81 bits per heavy atom. The molecule has 2 rings (SSSR count). The Morgan fingerprint density at radius 1 is 1.24 bits per heavy atom. The van der Waals surface area contributed by atoms with Crippen LogP contribution in [0.25, 0.3) is 0 Å². The molecule has 0 aliphatic heterocycles. The SMILES string of the molecule is CCCNCc1cccc(OCCn2nc(C)cc2C)c1. The standard InChI is InChI=1S/C17H25N3O/c1-4-8-18-13-16-6-5-7-17(12-16)21-10-9-20-15(3)11-14(2)19-20/h5-7,11-12,18H,4,8-10,13H2,1-3H3. The van der Waals surface area contributed by atoms with Crippen LogP contribution in [-0.2, 0) is 13.1 Å². The lowest BCUT2D eigenvalue weighted by Gasteiger charge is -2.09. The third-order valence-electron chi connectivity index (χ3n) is 3.33. The Hall–Kier alpha value is -1.81. The number of aryl methyl sites for hydroxylation is 2. The van der Waals surface area contributed by atoms with Crippen molar-refractivity contribution in [3.05, 3.63) is 47.3 Å². The number of benzene rings is 1. The Morgan fingerprint density at radius 2 is 2.10 bits per heavy atom. The third kappa shape index (κ3) is 4.90. The van der Waals surface area contributed by atoms with Crippen LogP contribution in [0.3, 0.4) is 0 Å². The molecule has 0 aliphatic carbocycles. The lowest BCUT2D eigenvalue weighted by molar-refractivity contribution is 0.289. The maximum atomic E-state index is 5.83. The van der Waals surface area contributed by atoms with Gasteiger partial charge in [0, 0.05) is 12.2 Å². The molecule has 0 spiro atoms. The van der Waals surface area contributed by atoms with Crippen LogP contribution in [0.4, 0.5) is 0 Å². The van der Waals surface area contributed by atoms with Crippen LogP contribution < -0.4 is 10.1 Å². The normalized spacial score (nSPS) is 10.8. The maximum absolute atomic E-state index is 5.83. The number of nitrogens with zero attached hydrogens (tertiary/aromatic N) is 2. The van der Waals surface area contributed by atoms with Gasteiger partial charge in [-0.2, -0.15) is 5.10 Å². The Bertz CT molecular complexity index is 563. The van der Waals surface area contributed by atoms with Gasteiger partial charge < -0.3 is 10.1 Å². The van der Waals surface area contributed by atoms with Crippen molar-refractivity contribution < 1.29 is 4.74 Å². The van der Waals surface area contributed by atoms with Crippen molar-refractivity contribution in [2.75, 3.05) is 13.2 Å². The van der Waals surface area contributed by atoms with E-state index in [1.807, 2.05) is 23.7 Å². The van der Waals surface area contributed by atoms with Gasteiger partial charge in [-0.05, 0) is 50.6 Å². The zero-order valence-corrected chi connectivity index (χ0v) is 13.2. The van der Waals surface area contributed by atoms with Crippen molar-refractivity contribution >= 4 is 0 Å². The van der Waals surface area contributed by atoms with Gasteiger partial charge in [-0.15, -0.1) is 0 Å². The zero-order valence-electron chi connectivity index (χ0n) is 13.2. The molecule has 0 aliphatic rings. The molecule has 0 unspecified atom stereocenters. The van der Waals surface area contributed by atoms with E-state index >= 15 is 0 Å². The second kappa shape index (κ2) is 7.84. The fourth-order valence-corrected chi connectivity index (χ4v) is 2.31. The molecule has 0 saturated heterocycles. The molecule has 1 heterocycles. The molecule has 4 nitrogen and oxygen atoms in total. The van der Waals surface area contributed by atoms with Crippen LogP contribution in [0.1, 0.15) is 30.3 Å². The van der Waals surface area contributed by atoms with Crippen molar-refractivity contribution in [2.45, 2.75) is 40.3 Å². The summed E-state index contributed by atoms with van der Waals surface area (Å²) in [6.45, 7) is 9.60. The molecule has 0 saturated carbocycles. The van der Waals surface area contributed by atoms with E-state index in [2.05, 4.69) is 42.5 Å². The fraction of sp³-hybridized carbons (Fsp3) is 0.471. The van der Waals surface area contributed by atoms with Crippen molar-refractivity contribution in [2.24, 2.45) is 0 Å². The van der Waals surface area contributed by atoms with Crippen LogP contribution in [0.2, 0.25) is 0 Å². The lowest BCUT2D eigenvalue weighted by atomic mass is 10.2. The predicted molar refractivity (Wildman–Crippen MR) is 85.6 cm³/mol. The fourth-order valence-electron chi connectivity index (χ4n) is 2.31. The van der Waals surface area contributed by atoms with Crippen molar-refractivity contribution in [1.82, 2.24) is 15.1 Å². The molecule has 4 heteroatoms. The Kier molecular flexibility index (Phi) is 5.81. The number of aromatic nitrogens is 2. The second-order valence-electron chi connectivity index (χ2n) is 5.32. The first-order valence-electron chi connectivity index (χ1n) is 7.62. The highest BCUT2D eigenvalue weighted by molar-refractivity contribution is 5.28.